The molecular formula is C51H68N6O5. The Hall–Kier alpha value is -5.71. The van der Waals surface area contributed by atoms with Crippen molar-refractivity contribution in [2.24, 2.45) is 0 Å². The van der Waals surface area contributed by atoms with Gasteiger partial charge in [-0.05, 0) is 65.1 Å². The molecule has 62 heavy (non-hydrogen) atoms. The Labute approximate surface area is 366 Å². The van der Waals surface area contributed by atoms with E-state index in [-0.39, 0.29) is 67.3 Å². The SMILES string of the molecule is CCCCCCCCNC(=N)c1c(Nc2ccc(C(C)(C)C)cc2)c(C(=O)O)c(C(=O)NCCCCCCCC)c2c3c(Nc4ccc(C(C)(C)C)cc4)cc(c(=O)[nH]c3=O)c12. The zero-order valence-electron chi connectivity index (χ0n) is 38.2. The number of hydrogen-bond acceptors (Lipinski definition) is 7. The number of amides is 1. The Morgan fingerprint density at radius 1 is 0.597 bits per heavy atom. The van der Waals surface area contributed by atoms with Crippen LogP contribution in [0.4, 0.5) is 22.7 Å². The number of benzene rings is 4. The van der Waals surface area contributed by atoms with Crippen LogP contribution in [0, 0.1) is 5.41 Å². The van der Waals surface area contributed by atoms with E-state index in [0.29, 0.717) is 24.3 Å². The van der Waals surface area contributed by atoms with Crippen LogP contribution in [-0.2, 0) is 10.8 Å². The number of rotatable bonds is 21. The number of anilines is 4. The van der Waals surface area contributed by atoms with Crippen molar-refractivity contribution in [2.45, 2.75) is 143 Å². The summed E-state index contributed by atoms with van der Waals surface area (Å²) in [5.74, 6) is -2.25. The summed E-state index contributed by atoms with van der Waals surface area (Å²) in [4.78, 5) is 59.6. The molecule has 6 rings (SSSR count). The van der Waals surface area contributed by atoms with E-state index in [4.69, 9.17) is 0 Å². The predicted octanol–water partition coefficient (Wildman–Crippen LogP) is 11.6. The van der Waals surface area contributed by atoms with Gasteiger partial charge in [0.15, 0.2) is 0 Å². The quantitative estimate of drug-likeness (QED) is 0.0217. The van der Waals surface area contributed by atoms with Gasteiger partial charge < -0.3 is 26.4 Å². The van der Waals surface area contributed by atoms with Gasteiger partial charge in [-0.1, -0.05) is 144 Å². The van der Waals surface area contributed by atoms with Crippen molar-refractivity contribution in [3.05, 3.63) is 103 Å². The van der Waals surface area contributed by atoms with Crippen molar-refractivity contribution < 1.29 is 14.7 Å². The topological polar surface area (TPSA) is 176 Å². The fraction of sp³-hybridized carbons (Fsp3) is 0.471. The second-order valence-electron chi connectivity index (χ2n) is 18.7. The number of amidine groups is 1. The molecule has 0 atom stereocenters. The molecule has 0 saturated carbocycles. The molecule has 11 heteroatoms. The largest absolute Gasteiger partial charge is 0.478 e. The van der Waals surface area contributed by atoms with Gasteiger partial charge in [0.25, 0.3) is 17.0 Å². The number of aromatic amines is 1. The van der Waals surface area contributed by atoms with Gasteiger partial charge >= 0.3 is 5.97 Å². The minimum absolute atomic E-state index is 0.00717. The van der Waals surface area contributed by atoms with E-state index in [0.717, 1.165) is 81.8 Å². The predicted molar refractivity (Wildman–Crippen MR) is 257 cm³/mol. The average Bonchev–Trinajstić information content (AvgIpc) is 3.39. The average molecular weight is 845 g/mol. The van der Waals surface area contributed by atoms with Gasteiger partial charge in [-0.25, -0.2) is 4.79 Å². The van der Waals surface area contributed by atoms with Crippen LogP contribution in [0.5, 0.6) is 0 Å². The molecule has 4 aromatic carbocycles. The van der Waals surface area contributed by atoms with Gasteiger partial charge in [0.05, 0.1) is 33.3 Å². The number of H-pyrrole nitrogens is 1. The Morgan fingerprint density at radius 2 is 1.08 bits per heavy atom. The zero-order chi connectivity index (χ0) is 45.2. The number of carboxylic acid groups (broad SMARTS) is 1. The van der Waals surface area contributed by atoms with Crippen LogP contribution >= 0.6 is 0 Å². The van der Waals surface area contributed by atoms with Crippen molar-refractivity contribution in [3.63, 3.8) is 0 Å². The lowest BCUT2D eigenvalue weighted by molar-refractivity contribution is 0.0692. The van der Waals surface area contributed by atoms with E-state index in [1.54, 1.807) is 6.07 Å². The lowest BCUT2D eigenvalue weighted by Crippen LogP contribution is -2.30. The van der Waals surface area contributed by atoms with Gasteiger partial charge in [0.2, 0.25) is 0 Å². The third-order valence-electron chi connectivity index (χ3n) is 11.7. The van der Waals surface area contributed by atoms with Crippen LogP contribution in [0.3, 0.4) is 0 Å². The molecule has 6 aromatic rings. The molecule has 332 valence electrons. The Bertz CT molecular complexity index is 2460. The number of carbonyl (C=O) groups is 2. The Kier molecular flexibility index (Phi) is 16.0. The number of aromatic nitrogens is 1. The van der Waals surface area contributed by atoms with E-state index in [9.17, 15) is 29.7 Å². The van der Waals surface area contributed by atoms with Crippen molar-refractivity contribution in [2.75, 3.05) is 23.7 Å². The maximum absolute atomic E-state index is 14.8. The first kappa shape index (κ1) is 47.3. The Balaban J connectivity index is 1.80. The number of aromatic carboxylic acids is 1. The molecule has 0 spiro atoms. The Morgan fingerprint density at radius 3 is 1.58 bits per heavy atom. The molecular weight excluding hydrogens is 777 g/mol. The third kappa shape index (κ3) is 11.4. The number of nitrogens with one attached hydrogen (secondary N) is 6. The third-order valence-corrected chi connectivity index (χ3v) is 11.7. The number of hydrogen-bond donors (Lipinski definition) is 7. The molecule has 11 nitrogen and oxygen atoms in total. The smallest absolute Gasteiger partial charge is 0.338 e. The van der Waals surface area contributed by atoms with Crippen LogP contribution in [-0.4, -0.2) is 40.9 Å². The number of carbonyl (C=O) groups excluding carboxylic acids is 1. The van der Waals surface area contributed by atoms with Crippen molar-refractivity contribution in [3.8, 4) is 0 Å². The summed E-state index contributed by atoms with van der Waals surface area (Å²) in [6.07, 6.45) is 12.1. The van der Waals surface area contributed by atoms with E-state index in [1.807, 2.05) is 48.5 Å². The molecule has 2 aromatic heterocycles. The van der Waals surface area contributed by atoms with Crippen molar-refractivity contribution >= 4 is 62.0 Å². The van der Waals surface area contributed by atoms with E-state index >= 15 is 0 Å². The summed E-state index contributed by atoms with van der Waals surface area (Å²) in [7, 11) is 0. The molecule has 0 unspecified atom stereocenters. The summed E-state index contributed by atoms with van der Waals surface area (Å²) in [5.41, 5.74) is 1.18. The molecule has 0 aliphatic heterocycles. The lowest BCUT2D eigenvalue weighted by atomic mass is 9.86. The van der Waals surface area contributed by atoms with E-state index in [2.05, 4.69) is 81.6 Å². The first-order chi connectivity index (χ1) is 29.5. The second-order valence-corrected chi connectivity index (χ2v) is 18.7. The minimum atomic E-state index is -1.43. The van der Waals surface area contributed by atoms with Crippen LogP contribution in [0.1, 0.15) is 170 Å². The maximum Gasteiger partial charge on any atom is 0.338 e. The molecule has 0 fully saturated rings. The molecule has 7 N–H and O–H groups in total. The van der Waals surface area contributed by atoms with Gasteiger partial charge in [0.1, 0.15) is 5.84 Å². The standard InChI is InChI=1S/C51H68N6O5/c1-9-11-13-15-17-19-29-53-45(52)42-38-36-31-37(55-34-25-21-32(22-26-34)50(3,4)5)39(48(60)57-46(36)58)40(38)41(47(59)54-30-20-18-16-14-12-10-2)43(49(61)62)44(42)56-35-27-23-33(24-28-35)51(6,7)8/h21-28,31,55-56H,9-20,29-30H2,1-8H3,(H2,52,53)(H,54,59)(H,61,62)(H,57,58,60). The molecule has 0 saturated heterocycles. The van der Waals surface area contributed by atoms with Crippen LogP contribution in [0.15, 0.2) is 64.2 Å². The zero-order valence-corrected chi connectivity index (χ0v) is 38.2. The maximum atomic E-state index is 14.8. The summed E-state index contributed by atoms with van der Waals surface area (Å²) in [5, 5.41) is 33.8. The van der Waals surface area contributed by atoms with Crippen LogP contribution < -0.4 is 32.4 Å². The van der Waals surface area contributed by atoms with Crippen LogP contribution in [0.2, 0.25) is 0 Å². The fourth-order valence-electron chi connectivity index (χ4n) is 8.06. The molecule has 2 heterocycles. The highest BCUT2D eigenvalue weighted by Crippen LogP contribution is 2.43. The van der Waals surface area contributed by atoms with Crippen molar-refractivity contribution in [1.29, 1.82) is 5.41 Å². The second kappa shape index (κ2) is 20.9. The molecule has 1 amide bonds. The fourth-order valence-corrected chi connectivity index (χ4v) is 8.06. The summed E-state index contributed by atoms with van der Waals surface area (Å²) in [6.45, 7) is 17.7. The van der Waals surface area contributed by atoms with Gasteiger partial charge in [-0.3, -0.25) is 24.8 Å². The normalized spacial score (nSPS) is 11.9. The highest BCUT2D eigenvalue weighted by molar-refractivity contribution is 6.32. The highest BCUT2D eigenvalue weighted by Gasteiger charge is 2.33. The highest BCUT2D eigenvalue weighted by atomic mass is 16.4. The number of unbranched alkanes of at least 4 members (excludes halogenated alkanes) is 10. The molecule has 0 radical (unpaired) electrons. The van der Waals surface area contributed by atoms with Crippen LogP contribution in [0.25, 0.3) is 21.5 Å². The molecule has 2 bridgehead atoms. The van der Waals surface area contributed by atoms with Gasteiger partial charge in [-0.15, -0.1) is 0 Å². The van der Waals surface area contributed by atoms with E-state index in [1.165, 1.54) is 0 Å². The molecule has 0 aliphatic rings. The van der Waals surface area contributed by atoms with Gasteiger partial charge in [0, 0.05) is 40.8 Å². The first-order valence-corrected chi connectivity index (χ1v) is 22.6. The minimum Gasteiger partial charge on any atom is -0.478 e. The summed E-state index contributed by atoms with van der Waals surface area (Å²) in [6, 6.07) is 16.9. The monoisotopic (exact) mass is 845 g/mol. The van der Waals surface area contributed by atoms with Crippen molar-refractivity contribution in [1.82, 2.24) is 15.6 Å². The first-order valence-electron chi connectivity index (χ1n) is 22.6. The summed E-state index contributed by atoms with van der Waals surface area (Å²) < 4.78 is 0. The lowest BCUT2D eigenvalue weighted by Gasteiger charge is -2.24. The van der Waals surface area contributed by atoms with E-state index < -0.39 is 28.6 Å². The number of carboxylic acids is 1. The van der Waals surface area contributed by atoms with Gasteiger partial charge in [-0.2, -0.15) is 0 Å². The molecule has 0 aliphatic carbocycles. The summed E-state index contributed by atoms with van der Waals surface area (Å²) >= 11 is 0. The number of fused-ring (bicyclic) bond motifs is 3.